The largest absolute Gasteiger partial charge is 0.393 e. The second-order valence-corrected chi connectivity index (χ2v) is 5.47. The summed E-state index contributed by atoms with van der Waals surface area (Å²) in [5.74, 6) is 0.544. The van der Waals surface area contributed by atoms with E-state index < -0.39 is 0 Å². The van der Waals surface area contributed by atoms with Crippen molar-refractivity contribution in [3.05, 3.63) is 0 Å². The van der Waals surface area contributed by atoms with Crippen LogP contribution in [0.5, 0.6) is 0 Å². The van der Waals surface area contributed by atoms with Crippen LogP contribution in [0.2, 0.25) is 0 Å². The predicted molar refractivity (Wildman–Crippen MR) is 66.5 cm³/mol. The van der Waals surface area contributed by atoms with Gasteiger partial charge >= 0.3 is 0 Å². The fourth-order valence-corrected chi connectivity index (χ4v) is 2.95. The van der Waals surface area contributed by atoms with Gasteiger partial charge in [-0.05, 0) is 64.7 Å². The van der Waals surface area contributed by atoms with Crippen molar-refractivity contribution >= 4 is 0 Å². The number of hydrogen-bond donors (Lipinski definition) is 1. The summed E-state index contributed by atoms with van der Waals surface area (Å²) in [7, 11) is 0. The van der Waals surface area contributed by atoms with Crippen LogP contribution in [0.15, 0.2) is 0 Å². The number of nitrogens with zero attached hydrogens (tertiary/aromatic N) is 2. The number of piperidine rings is 1. The molecule has 2 rings (SSSR count). The van der Waals surface area contributed by atoms with E-state index >= 15 is 0 Å². The molecule has 0 aromatic rings. The van der Waals surface area contributed by atoms with Crippen LogP contribution in [0, 0.1) is 5.92 Å². The van der Waals surface area contributed by atoms with E-state index in [0.29, 0.717) is 5.92 Å². The number of likely N-dealkylation sites (tertiary alicyclic amines) is 2. The Morgan fingerprint density at radius 3 is 2.00 bits per heavy atom. The predicted octanol–water partition coefficient (Wildman–Crippen LogP) is 1.17. The van der Waals surface area contributed by atoms with Crippen LogP contribution >= 0.6 is 0 Å². The Kier molecular flexibility index (Phi) is 4.62. The smallest absolute Gasteiger partial charge is 0.0541 e. The highest BCUT2D eigenvalue weighted by atomic mass is 16.3. The molecule has 0 amide bonds. The van der Waals surface area contributed by atoms with E-state index in [0.717, 1.165) is 0 Å². The maximum atomic E-state index is 9.54. The second kappa shape index (κ2) is 5.99. The van der Waals surface area contributed by atoms with Gasteiger partial charge in [0.1, 0.15) is 0 Å². The second-order valence-electron chi connectivity index (χ2n) is 5.47. The topological polar surface area (TPSA) is 26.7 Å². The van der Waals surface area contributed by atoms with E-state index in [4.69, 9.17) is 0 Å². The minimum absolute atomic E-state index is 0.110. The van der Waals surface area contributed by atoms with Gasteiger partial charge in [-0.15, -0.1) is 0 Å². The molecule has 94 valence electrons. The third kappa shape index (κ3) is 3.44. The molecule has 16 heavy (non-hydrogen) atoms. The Balaban J connectivity index is 1.61. The third-order valence-electron chi connectivity index (χ3n) is 4.25. The highest BCUT2D eigenvalue weighted by Gasteiger charge is 2.22. The maximum absolute atomic E-state index is 9.54. The molecule has 2 saturated heterocycles. The van der Waals surface area contributed by atoms with E-state index in [1.54, 1.807) is 0 Å². The van der Waals surface area contributed by atoms with Crippen molar-refractivity contribution in [1.82, 2.24) is 9.80 Å². The summed E-state index contributed by atoms with van der Waals surface area (Å²) < 4.78 is 0. The van der Waals surface area contributed by atoms with E-state index in [1.807, 2.05) is 6.92 Å². The summed E-state index contributed by atoms with van der Waals surface area (Å²) >= 11 is 0. The highest BCUT2D eigenvalue weighted by molar-refractivity contribution is 4.76. The molecular weight excluding hydrogens is 200 g/mol. The van der Waals surface area contributed by atoms with Crippen molar-refractivity contribution in [2.75, 3.05) is 39.3 Å². The molecule has 0 spiro atoms. The lowest BCUT2D eigenvalue weighted by Crippen LogP contribution is -2.40. The van der Waals surface area contributed by atoms with Gasteiger partial charge in [-0.2, -0.15) is 0 Å². The molecule has 3 nitrogen and oxygen atoms in total. The SMILES string of the molecule is CC(O)C1CCN(CCN2CCCC2)CC1. The van der Waals surface area contributed by atoms with E-state index in [9.17, 15) is 5.11 Å². The molecule has 0 aliphatic carbocycles. The molecule has 2 heterocycles. The molecule has 2 fully saturated rings. The Morgan fingerprint density at radius 1 is 1.00 bits per heavy atom. The first kappa shape index (κ1) is 12.3. The first-order valence-electron chi connectivity index (χ1n) is 6.88. The molecule has 0 saturated carbocycles. The van der Waals surface area contributed by atoms with Crippen molar-refractivity contribution in [2.45, 2.75) is 38.7 Å². The lowest BCUT2D eigenvalue weighted by Gasteiger charge is -2.34. The van der Waals surface area contributed by atoms with Crippen molar-refractivity contribution in [1.29, 1.82) is 0 Å². The minimum Gasteiger partial charge on any atom is -0.393 e. The van der Waals surface area contributed by atoms with Crippen LogP contribution in [0.25, 0.3) is 0 Å². The van der Waals surface area contributed by atoms with E-state index in [2.05, 4.69) is 9.80 Å². The van der Waals surface area contributed by atoms with Crippen molar-refractivity contribution in [3.63, 3.8) is 0 Å². The summed E-state index contributed by atoms with van der Waals surface area (Å²) in [6.07, 6.45) is 5.03. The van der Waals surface area contributed by atoms with Gasteiger partial charge in [-0.3, -0.25) is 0 Å². The Morgan fingerprint density at radius 2 is 1.50 bits per heavy atom. The standard InChI is InChI=1S/C13H26N2O/c1-12(16)13-4-8-15(9-5-13)11-10-14-6-2-3-7-14/h12-13,16H,2-11H2,1H3. The summed E-state index contributed by atoms with van der Waals surface area (Å²) in [5, 5.41) is 9.54. The number of aliphatic hydroxyl groups is 1. The molecule has 2 aliphatic rings. The van der Waals surface area contributed by atoms with Crippen LogP contribution in [-0.4, -0.2) is 60.3 Å². The molecule has 0 radical (unpaired) electrons. The fourth-order valence-electron chi connectivity index (χ4n) is 2.95. The molecule has 0 bridgehead atoms. The van der Waals surface area contributed by atoms with Gasteiger partial charge in [0.15, 0.2) is 0 Å². The van der Waals surface area contributed by atoms with Gasteiger partial charge < -0.3 is 14.9 Å². The molecule has 1 atom stereocenters. The van der Waals surface area contributed by atoms with Gasteiger partial charge in [0.25, 0.3) is 0 Å². The quantitative estimate of drug-likeness (QED) is 0.779. The van der Waals surface area contributed by atoms with Crippen molar-refractivity contribution < 1.29 is 5.11 Å². The normalized spacial score (nSPS) is 27.4. The molecule has 1 N–H and O–H groups in total. The monoisotopic (exact) mass is 226 g/mol. The van der Waals surface area contributed by atoms with Crippen molar-refractivity contribution in [2.24, 2.45) is 5.92 Å². The van der Waals surface area contributed by atoms with Gasteiger partial charge in [0, 0.05) is 13.1 Å². The fraction of sp³-hybridized carbons (Fsp3) is 1.00. The van der Waals surface area contributed by atoms with Gasteiger partial charge in [0.2, 0.25) is 0 Å². The molecule has 0 aromatic carbocycles. The van der Waals surface area contributed by atoms with Gasteiger partial charge in [-0.1, -0.05) is 0 Å². The zero-order chi connectivity index (χ0) is 11.4. The molecule has 1 unspecified atom stereocenters. The van der Waals surface area contributed by atoms with Crippen LogP contribution in [0.1, 0.15) is 32.6 Å². The van der Waals surface area contributed by atoms with E-state index in [1.165, 1.54) is 65.0 Å². The summed E-state index contributed by atoms with van der Waals surface area (Å²) in [5.41, 5.74) is 0. The Bertz CT molecular complexity index is 194. The summed E-state index contributed by atoms with van der Waals surface area (Å²) in [6, 6.07) is 0. The third-order valence-corrected chi connectivity index (χ3v) is 4.25. The van der Waals surface area contributed by atoms with Crippen LogP contribution in [0.3, 0.4) is 0 Å². The van der Waals surface area contributed by atoms with Crippen molar-refractivity contribution in [3.8, 4) is 0 Å². The minimum atomic E-state index is -0.110. The zero-order valence-corrected chi connectivity index (χ0v) is 10.6. The van der Waals surface area contributed by atoms with E-state index in [-0.39, 0.29) is 6.10 Å². The molecular formula is C13H26N2O. The van der Waals surface area contributed by atoms with Gasteiger partial charge in [-0.25, -0.2) is 0 Å². The average molecular weight is 226 g/mol. The van der Waals surface area contributed by atoms with Crippen LogP contribution < -0.4 is 0 Å². The first-order chi connectivity index (χ1) is 7.75. The average Bonchev–Trinajstić information content (AvgIpc) is 2.80. The summed E-state index contributed by atoms with van der Waals surface area (Å²) in [4.78, 5) is 5.15. The maximum Gasteiger partial charge on any atom is 0.0541 e. The van der Waals surface area contributed by atoms with Crippen LogP contribution in [0.4, 0.5) is 0 Å². The Hall–Kier alpha value is -0.120. The Labute approximate surface area is 99.4 Å². The summed E-state index contributed by atoms with van der Waals surface area (Å²) in [6.45, 7) is 9.40. The highest BCUT2D eigenvalue weighted by Crippen LogP contribution is 2.20. The van der Waals surface area contributed by atoms with Gasteiger partial charge in [0.05, 0.1) is 6.10 Å². The molecule has 3 heteroatoms. The zero-order valence-electron chi connectivity index (χ0n) is 10.6. The van der Waals surface area contributed by atoms with Crippen LogP contribution in [-0.2, 0) is 0 Å². The number of aliphatic hydroxyl groups excluding tert-OH is 1. The molecule has 2 aliphatic heterocycles. The first-order valence-corrected chi connectivity index (χ1v) is 6.88. The number of hydrogen-bond acceptors (Lipinski definition) is 3. The molecule has 0 aromatic heterocycles. The number of rotatable bonds is 4. The lowest BCUT2D eigenvalue weighted by molar-refractivity contribution is 0.0690. The lowest BCUT2D eigenvalue weighted by atomic mass is 9.92.